The van der Waals surface area contributed by atoms with Crippen molar-refractivity contribution in [3.8, 4) is 0 Å². The summed E-state index contributed by atoms with van der Waals surface area (Å²) in [6.45, 7) is 9.06. The molecule has 14 heavy (non-hydrogen) atoms. The highest BCUT2D eigenvalue weighted by Crippen LogP contribution is 2.20. The van der Waals surface area contributed by atoms with E-state index in [0.29, 0.717) is 13.0 Å². The second-order valence-electron chi connectivity index (χ2n) is 4.48. The Morgan fingerprint density at radius 1 is 1.36 bits per heavy atom. The summed E-state index contributed by atoms with van der Waals surface area (Å²) >= 11 is 1.80. The summed E-state index contributed by atoms with van der Waals surface area (Å²) in [5.74, 6) is 1.94. The van der Waals surface area contributed by atoms with Gasteiger partial charge in [-0.2, -0.15) is 11.8 Å². The van der Waals surface area contributed by atoms with Crippen LogP contribution in [0.5, 0.6) is 0 Å². The van der Waals surface area contributed by atoms with Crippen molar-refractivity contribution in [1.29, 1.82) is 0 Å². The Hall–Kier alpha value is -0.180. The molecule has 2 nitrogen and oxygen atoms in total. The Bertz CT molecular complexity index is 161. The zero-order chi connectivity index (χ0) is 11.0. The summed E-state index contributed by atoms with van der Waals surface area (Å²) in [5.41, 5.74) is 0.219. The van der Waals surface area contributed by atoms with Crippen molar-refractivity contribution >= 4 is 17.7 Å². The highest BCUT2D eigenvalue weighted by Gasteiger charge is 2.13. The van der Waals surface area contributed by atoms with Crippen molar-refractivity contribution in [3.63, 3.8) is 0 Å². The van der Waals surface area contributed by atoms with Crippen LogP contribution >= 0.6 is 11.8 Å². The van der Waals surface area contributed by atoms with Crippen LogP contribution in [0, 0.1) is 5.41 Å². The Morgan fingerprint density at radius 2 is 2.00 bits per heavy atom. The largest absolute Gasteiger partial charge is 0.465 e. The van der Waals surface area contributed by atoms with Crippen molar-refractivity contribution in [1.82, 2.24) is 0 Å². The van der Waals surface area contributed by atoms with E-state index in [0.717, 1.165) is 17.9 Å². The Kier molecular flexibility index (Phi) is 7.06. The molecule has 0 aromatic carbocycles. The molecule has 0 N–H and O–H groups in total. The van der Waals surface area contributed by atoms with E-state index in [1.54, 1.807) is 11.8 Å². The van der Waals surface area contributed by atoms with Crippen LogP contribution in [-0.4, -0.2) is 24.1 Å². The summed E-state index contributed by atoms with van der Waals surface area (Å²) < 4.78 is 5.08. The first-order valence-electron chi connectivity index (χ1n) is 5.19. The van der Waals surface area contributed by atoms with E-state index in [2.05, 4.69) is 27.7 Å². The lowest BCUT2D eigenvalue weighted by molar-refractivity contribution is -0.143. The predicted octanol–water partition coefficient (Wildman–Crippen LogP) is 3.11. The third kappa shape index (κ3) is 9.90. The first-order valence-corrected chi connectivity index (χ1v) is 6.34. The van der Waals surface area contributed by atoms with Gasteiger partial charge < -0.3 is 4.74 Å². The molecule has 0 radical (unpaired) electrons. The lowest BCUT2D eigenvalue weighted by atomic mass is 9.91. The van der Waals surface area contributed by atoms with Gasteiger partial charge in [0.2, 0.25) is 0 Å². The quantitative estimate of drug-likeness (QED) is 0.506. The van der Waals surface area contributed by atoms with Crippen molar-refractivity contribution in [2.24, 2.45) is 5.41 Å². The van der Waals surface area contributed by atoms with Gasteiger partial charge in [0.1, 0.15) is 6.61 Å². The molecular formula is C11H22O2S. The maximum absolute atomic E-state index is 11.2. The van der Waals surface area contributed by atoms with Gasteiger partial charge in [-0.25, -0.2) is 0 Å². The number of thioether (sulfide) groups is 1. The van der Waals surface area contributed by atoms with Crippen LogP contribution in [0.4, 0.5) is 0 Å². The van der Waals surface area contributed by atoms with Crippen LogP contribution in [0.2, 0.25) is 0 Å². The minimum atomic E-state index is -0.0587. The average Bonchev–Trinajstić information content (AvgIpc) is 2.08. The SMILES string of the molecule is CCSCCOC(=O)CCC(C)(C)C. The molecule has 0 aliphatic heterocycles. The molecule has 0 amide bonds. The highest BCUT2D eigenvalue weighted by molar-refractivity contribution is 7.99. The molecule has 0 aromatic heterocycles. The van der Waals surface area contributed by atoms with Crippen LogP contribution in [0.1, 0.15) is 40.5 Å². The Balaban J connectivity index is 3.38. The molecule has 0 unspecified atom stereocenters. The van der Waals surface area contributed by atoms with Gasteiger partial charge in [-0.15, -0.1) is 0 Å². The molecule has 0 aromatic rings. The molecule has 0 atom stereocenters. The average molecular weight is 218 g/mol. The van der Waals surface area contributed by atoms with Gasteiger partial charge in [0.05, 0.1) is 0 Å². The number of ether oxygens (including phenoxy) is 1. The van der Waals surface area contributed by atoms with Crippen molar-refractivity contribution < 1.29 is 9.53 Å². The fraction of sp³-hybridized carbons (Fsp3) is 0.909. The lowest BCUT2D eigenvalue weighted by Crippen LogP contribution is -2.12. The number of carbonyl (C=O) groups excluding carboxylic acids is 1. The summed E-state index contributed by atoms with van der Waals surface area (Å²) in [6, 6.07) is 0. The topological polar surface area (TPSA) is 26.3 Å². The lowest BCUT2D eigenvalue weighted by Gasteiger charge is -2.16. The van der Waals surface area contributed by atoms with Crippen molar-refractivity contribution in [2.45, 2.75) is 40.5 Å². The molecule has 84 valence electrons. The van der Waals surface area contributed by atoms with Crippen LogP contribution in [0.25, 0.3) is 0 Å². The summed E-state index contributed by atoms with van der Waals surface area (Å²) in [7, 11) is 0. The van der Waals surface area contributed by atoms with Gasteiger partial charge in [-0.05, 0) is 17.6 Å². The van der Waals surface area contributed by atoms with Crippen LogP contribution in [0.15, 0.2) is 0 Å². The van der Waals surface area contributed by atoms with E-state index in [9.17, 15) is 4.79 Å². The van der Waals surface area contributed by atoms with E-state index in [-0.39, 0.29) is 11.4 Å². The highest BCUT2D eigenvalue weighted by atomic mass is 32.2. The molecule has 0 aliphatic rings. The maximum atomic E-state index is 11.2. The number of esters is 1. The second-order valence-corrected chi connectivity index (χ2v) is 5.87. The number of rotatable bonds is 6. The van der Waals surface area contributed by atoms with Gasteiger partial charge in [0.25, 0.3) is 0 Å². The van der Waals surface area contributed by atoms with Gasteiger partial charge in [0, 0.05) is 12.2 Å². The molecular weight excluding hydrogens is 196 g/mol. The zero-order valence-corrected chi connectivity index (χ0v) is 10.6. The van der Waals surface area contributed by atoms with E-state index in [1.807, 2.05) is 0 Å². The Morgan fingerprint density at radius 3 is 2.50 bits per heavy atom. The van der Waals surface area contributed by atoms with Crippen LogP contribution in [0.3, 0.4) is 0 Å². The van der Waals surface area contributed by atoms with Gasteiger partial charge in [-0.1, -0.05) is 27.7 Å². The molecule has 0 saturated carbocycles. The van der Waals surface area contributed by atoms with E-state index < -0.39 is 0 Å². The first kappa shape index (κ1) is 13.8. The summed E-state index contributed by atoms with van der Waals surface area (Å²) in [4.78, 5) is 11.2. The van der Waals surface area contributed by atoms with E-state index in [1.165, 1.54) is 0 Å². The molecule has 0 fully saturated rings. The number of carbonyl (C=O) groups is 1. The standard InChI is InChI=1S/C11H22O2S/c1-5-14-9-8-13-10(12)6-7-11(2,3)4/h5-9H2,1-4H3. The number of hydrogen-bond donors (Lipinski definition) is 0. The number of hydrogen-bond acceptors (Lipinski definition) is 3. The smallest absolute Gasteiger partial charge is 0.305 e. The maximum Gasteiger partial charge on any atom is 0.305 e. The van der Waals surface area contributed by atoms with Crippen LogP contribution in [-0.2, 0) is 9.53 Å². The Labute approximate surface area is 91.8 Å². The van der Waals surface area contributed by atoms with Crippen molar-refractivity contribution in [3.05, 3.63) is 0 Å². The first-order chi connectivity index (χ1) is 6.45. The minimum absolute atomic E-state index is 0.0587. The minimum Gasteiger partial charge on any atom is -0.465 e. The molecule has 3 heteroatoms. The molecule has 0 spiro atoms. The molecule has 0 heterocycles. The second kappa shape index (κ2) is 7.16. The normalized spacial score (nSPS) is 11.4. The van der Waals surface area contributed by atoms with E-state index >= 15 is 0 Å². The monoisotopic (exact) mass is 218 g/mol. The fourth-order valence-electron chi connectivity index (χ4n) is 0.908. The predicted molar refractivity (Wildman–Crippen MR) is 62.6 cm³/mol. The zero-order valence-electron chi connectivity index (χ0n) is 9.76. The summed E-state index contributed by atoms with van der Waals surface area (Å²) in [6.07, 6.45) is 1.44. The fourth-order valence-corrected chi connectivity index (χ4v) is 1.40. The van der Waals surface area contributed by atoms with E-state index in [4.69, 9.17) is 4.74 Å². The van der Waals surface area contributed by atoms with Crippen molar-refractivity contribution in [2.75, 3.05) is 18.1 Å². The molecule has 0 saturated heterocycles. The third-order valence-electron chi connectivity index (χ3n) is 1.77. The van der Waals surface area contributed by atoms with Gasteiger partial charge in [-0.3, -0.25) is 4.79 Å². The summed E-state index contributed by atoms with van der Waals surface area (Å²) in [5, 5.41) is 0. The molecule has 0 rings (SSSR count). The molecule has 0 bridgehead atoms. The third-order valence-corrected chi connectivity index (χ3v) is 2.64. The van der Waals surface area contributed by atoms with Crippen LogP contribution < -0.4 is 0 Å². The van der Waals surface area contributed by atoms with Gasteiger partial charge in [0.15, 0.2) is 0 Å². The molecule has 0 aliphatic carbocycles. The van der Waals surface area contributed by atoms with Gasteiger partial charge >= 0.3 is 5.97 Å².